The lowest BCUT2D eigenvalue weighted by molar-refractivity contribution is -0.327. The molecular weight excluding hydrogens is 180 g/mol. The van der Waals surface area contributed by atoms with Gasteiger partial charge in [0.1, 0.15) is 0 Å². The third-order valence-corrected chi connectivity index (χ3v) is 3.94. The number of hydrogen-bond acceptors (Lipinski definition) is 4. The van der Waals surface area contributed by atoms with E-state index >= 15 is 0 Å². The number of rotatable bonds is 0. The van der Waals surface area contributed by atoms with Gasteiger partial charge in [-0.15, -0.1) is 0 Å². The van der Waals surface area contributed by atoms with Crippen LogP contribution < -0.4 is 0 Å². The summed E-state index contributed by atoms with van der Waals surface area (Å²) in [5.41, 5.74) is -5.64. The van der Waals surface area contributed by atoms with Crippen LogP contribution in [0.25, 0.3) is 0 Å². The fraction of sp³-hybridized carbons (Fsp3) is 0.800. The Labute approximate surface area is 83.4 Å². The number of nitriles is 2. The minimum Gasteiger partial charge on any atom is -0.374 e. The molecule has 4 heteroatoms. The first-order valence-electron chi connectivity index (χ1n) is 4.39. The highest BCUT2D eigenvalue weighted by Crippen LogP contribution is 2.67. The summed E-state index contributed by atoms with van der Waals surface area (Å²) in [6, 6.07) is 3.58. The van der Waals surface area contributed by atoms with Gasteiger partial charge in [-0.05, 0) is 0 Å². The maximum absolute atomic E-state index is 10.1. The molecule has 0 atom stereocenters. The van der Waals surface area contributed by atoms with Crippen molar-refractivity contribution in [2.75, 3.05) is 0 Å². The van der Waals surface area contributed by atoms with Gasteiger partial charge in [0.15, 0.2) is 11.2 Å². The Hall–Kier alpha value is -1.10. The van der Waals surface area contributed by atoms with Gasteiger partial charge in [-0.25, -0.2) is 0 Å². The van der Waals surface area contributed by atoms with Crippen molar-refractivity contribution in [2.24, 2.45) is 10.8 Å². The highest BCUT2D eigenvalue weighted by atomic mass is 16.3. The van der Waals surface area contributed by atoms with Crippen LogP contribution in [0.3, 0.4) is 0 Å². The second-order valence-corrected chi connectivity index (χ2v) is 4.89. The summed E-state index contributed by atoms with van der Waals surface area (Å²) in [5.74, 6) is 0. The number of hydrogen-bond donors (Lipinski definition) is 2. The van der Waals surface area contributed by atoms with Crippen LogP contribution in [0.2, 0.25) is 0 Å². The molecule has 0 aromatic rings. The van der Waals surface area contributed by atoms with Crippen molar-refractivity contribution >= 4 is 0 Å². The van der Waals surface area contributed by atoms with Crippen molar-refractivity contribution in [3.63, 3.8) is 0 Å². The molecule has 0 aliphatic heterocycles. The lowest BCUT2D eigenvalue weighted by Gasteiger charge is -2.68. The molecule has 0 spiro atoms. The molecule has 0 heterocycles. The van der Waals surface area contributed by atoms with E-state index in [1.807, 2.05) is 0 Å². The van der Waals surface area contributed by atoms with Crippen molar-refractivity contribution in [3.8, 4) is 12.1 Å². The van der Waals surface area contributed by atoms with Gasteiger partial charge in [-0.3, -0.25) is 0 Å². The van der Waals surface area contributed by atoms with E-state index < -0.39 is 22.0 Å². The van der Waals surface area contributed by atoms with Crippen LogP contribution in [0, 0.1) is 33.5 Å². The first-order valence-corrected chi connectivity index (χ1v) is 4.39. The molecule has 0 unspecified atom stereocenters. The zero-order chi connectivity index (χ0) is 11.4. The smallest absolute Gasteiger partial charge is 0.168 e. The fourth-order valence-corrected chi connectivity index (χ4v) is 2.58. The highest BCUT2D eigenvalue weighted by Gasteiger charge is 2.82. The van der Waals surface area contributed by atoms with Crippen LogP contribution in [0.4, 0.5) is 0 Å². The first-order chi connectivity index (χ1) is 6.12. The van der Waals surface area contributed by atoms with Crippen LogP contribution in [-0.2, 0) is 0 Å². The van der Waals surface area contributed by atoms with Gasteiger partial charge >= 0.3 is 0 Å². The van der Waals surface area contributed by atoms with Crippen LogP contribution >= 0.6 is 0 Å². The summed E-state index contributed by atoms with van der Waals surface area (Å²) in [4.78, 5) is 0. The van der Waals surface area contributed by atoms with Gasteiger partial charge in [0.2, 0.25) is 0 Å². The van der Waals surface area contributed by atoms with Crippen molar-refractivity contribution < 1.29 is 10.2 Å². The van der Waals surface area contributed by atoms with E-state index in [-0.39, 0.29) is 0 Å². The van der Waals surface area contributed by atoms with E-state index in [0.717, 1.165) is 0 Å². The third kappa shape index (κ3) is 0.639. The summed E-state index contributed by atoms with van der Waals surface area (Å²) in [7, 11) is 0. The Morgan fingerprint density at radius 2 is 1.00 bits per heavy atom. The third-order valence-electron chi connectivity index (χ3n) is 3.94. The molecule has 0 aromatic carbocycles. The van der Waals surface area contributed by atoms with Crippen molar-refractivity contribution in [3.05, 3.63) is 0 Å². The molecule has 4 nitrogen and oxygen atoms in total. The minimum atomic E-state index is -1.68. The highest BCUT2D eigenvalue weighted by molar-refractivity contribution is 5.41. The molecule has 0 aromatic heterocycles. The molecule has 76 valence electrons. The maximum Gasteiger partial charge on any atom is 0.168 e. The molecule has 2 N–H and O–H groups in total. The lowest BCUT2D eigenvalue weighted by atomic mass is 9.36. The molecule has 0 bridgehead atoms. The predicted octanol–water partition coefficient (Wildman–Crippen LogP) is 0.562. The lowest BCUT2D eigenvalue weighted by Crippen LogP contribution is -2.82. The van der Waals surface area contributed by atoms with Gasteiger partial charge < -0.3 is 10.2 Å². The van der Waals surface area contributed by atoms with Gasteiger partial charge in [-0.2, -0.15) is 10.5 Å². The summed E-state index contributed by atoms with van der Waals surface area (Å²) >= 11 is 0. The Balaban J connectivity index is 3.39. The SMILES string of the molecule is CC1(C)C(O)(C#N)C(C)(C)C1(O)C#N. The summed E-state index contributed by atoms with van der Waals surface area (Å²) in [6.07, 6.45) is 0. The summed E-state index contributed by atoms with van der Waals surface area (Å²) in [5, 5.41) is 38.0. The van der Waals surface area contributed by atoms with Gasteiger partial charge in [-0.1, -0.05) is 27.7 Å². The van der Waals surface area contributed by atoms with Crippen molar-refractivity contribution in [1.29, 1.82) is 10.5 Å². The predicted molar refractivity (Wildman–Crippen MR) is 48.7 cm³/mol. The van der Waals surface area contributed by atoms with Crippen LogP contribution in [0.5, 0.6) is 0 Å². The minimum absolute atomic E-state index is 1.15. The van der Waals surface area contributed by atoms with E-state index in [4.69, 9.17) is 10.5 Å². The van der Waals surface area contributed by atoms with Gasteiger partial charge in [0, 0.05) is 0 Å². The molecule has 14 heavy (non-hydrogen) atoms. The standard InChI is InChI=1S/C10H14N2O2/c1-7(2)9(13,5-11)8(3,4)10(7,14)6-12/h13-14H,1-4H3. The van der Waals surface area contributed by atoms with Gasteiger partial charge in [0.05, 0.1) is 23.0 Å². The van der Waals surface area contributed by atoms with E-state index in [1.165, 1.54) is 27.7 Å². The van der Waals surface area contributed by atoms with Gasteiger partial charge in [0.25, 0.3) is 0 Å². The first kappa shape index (κ1) is 11.0. The van der Waals surface area contributed by atoms with E-state index in [2.05, 4.69) is 0 Å². The number of aliphatic hydroxyl groups is 2. The zero-order valence-electron chi connectivity index (χ0n) is 8.79. The number of nitrogens with zero attached hydrogens (tertiary/aromatic N) is 2. The fourth-order valence-electron chi connectivity index (χ4n) is 2.58. The average Bonchev–Trinajstić information content (AvgIpc) is 2.13. The van der Waals surface area contributed by atoms with Crippen LogP contribution in [-0.4, -0.2) is 21.4 Å². The van der Waals surface area contributed by atoms with E-state index in [0.29, 0.717) is 0 Å². The second-order valence-electron chi connectivity index (χ2n) is 4.89. The van der Waals surface area contributed by atoms with E-state index in [9.17, 15) is 10.2 Å². The Kier molecular flexibility index (Phi) is 1.79. The maximum atomic E-state index is 10.1. The van der Waals surface area contributed by atoms with E-state index in [1.54, 1.807) is 12.1 Å². The quantitative estimate of drug-likeness (QED) is 0.551. The monoisotopic (exact) mass is 194 g/mol. The van der Waals surface area contributed by atoms with Crippen LogP contribution in [0.1, 0.15) is 27.7 Å². The van der Waals surface area contributed by atoms with Crippen molar-refractivity contribution in [2.45, 2.75) is 38.9 Å². The Bertz CT molecular complexity index is 309. The molecule has 1 aliphatic carbocycles. The summed E-state index contributed by atoms with van der Waals surface area (Å²) in [6.45, 7) is 6.07. The zero-order valence-corrected chi connectivity index (χ0v) is 8.79. The molecule has 1 aliphatic rings. The molecule has 1 fully saturated rings. The molecule has 1 rings (SSSR count). The largest absolute Gasteiger partial charge is 0.374 e. The van der Waals surface area contributed by atoms with Crippen molar-refractivity contribution in [1.82, 2.24) is 0 Å². The molecule has 1 saturated carbocycles. The Morgan fingerprint density at radius 1 is 0.786 bits per heavy atom. The molecule has 0 amide bonds. The molecular formula is C10H14N2O2. The topological polar surface area (TPSA) is 88.0 Å². The van der Waals surface area contributed by atoms with Crippen LogP contribution in [0.15, 0.2) is 0 Å². The Morgan fingerprint density at radius 3 is 1.14 bits per heavy atom. The second kappa shape index (κ2) is 2.28. The normalized spacial score (nSPS) is 43.1. The summed E-state index contributed by atoms with van der Waals surface area (Å²) < 4.78 is 0. The molecule has 0 saturated heterocycles. The molecule has 0 radical (unpaired) electrons. The average molecular weight is 194 g/mol.